The highest BCUT2D eigenvalue weighted by molar-refractivity contribution is 7.13. The van der Waals surface area contributed by atoms with Crippen LogP contribution >= 0.6 is 11.3 Å². The first kappa shape index (κ1) is 14.3. The van der Waals surface area contributed by atoms with Gasteiger partial charge in [0.25, 0.3) is 0 Å². The molecule has 0 bridgehead atoms. The van der Waals surface area contributed by atoms with Crippen LogP contribution in [-0.4, -0.2) is 41.4 Å². The lowest BCUT2D eigenvalue weighted by Gasteiger charge is -2.34. The van der Waals surface area contributed by atoms with Crippen LogP contribution in [0.2, 0.25) is 0 Å². The number of nitrogens with one attached hydrogen (secondary N) is 1. The van der Waals surface area contributed by atoms with E-state index >= 15 is 0 Å². The lowest BCUT2D eigenvalue weighted by atomic mass is 10.00. The van der Waals surface area contributed by atoms with E-state index in [0.29, 0.717) is 6.04 Å². The van der Waals surface area contributed by atoms with Gasteiger partial charge in [-0.15, -0.1) is 11.3 Å². The molecule has 20 heavy (non-hydrogen) atoms. The lowest BCUT2D eigenvalue weighted by molar-refractivity contribution is 0.0439. The van der Waals surface area contributed by atoms with Gasteiger partial charge in [-0.05, 0) is 32.6 Å². The molecule has 2 fully saturated rings. The highest BCUT2D eigenvalue weighted by Gasteiger charge is 2.32. The van der Waals surface area contributed by atoms with Gasteiger partial charge in [0.05, 0.1) is 11.3 Å². The third-order valence-electron chi connectivity index (χ3n) is 4.63. The second-order valence-corrected chi connectivity index (χ2v) is 7.18. The van der Waals surface area contributed by atoms with Crippen LogP contribution < -0.4 is 10.2 Å². The van der Waals surface area contributed by atoms with E-state index in [9.17, 15) is 5.11 Å². The molecule has 0 spiro atoms. The average molecular weight is 295 g/mol. The van der Waals surface area contributed by atoms with Gasteiger partial charge in [-0.25, -0.2) is 4.98 Å². The van der Waals surface area contributed by atoms with Gasteiger partial charge < -0.3 is 15.3 Å². The molecule has 0 amide bonds. The fourth-order valence-electron chi connectivity index (χ4n) is 3.31. The molecule has 2 aliphatic rings. The molecule has 4 nitrogen and oxygen atoms in total. The molecule has 2 N–H and O–H groups in total. The number of aromatic nitrogens is 1. The molecular weight excluding hydrogens is 270 g/mol. The van der Waals surface area contributed by atoms with Crippen molar-refractivity contribution in [3.05, 3.63) is 11.1 Å². The first-order valence-electron chi connectivity index (χ1n) is 7.77. The number of nitrogens with zero attached hydrogens (tertiary/aromatic N) is 2. The van der Waals surface area contributed by atoms with Gasteiger partial charge in [0.1, 0.15) is 0 Å². The maximum absolute atomic E-state index is 10.4. The molecule has 1 aromatic rings. The topological polar surface area (TPSA) is 48.4 Å². The molecule has 1 aliphatic heterocycles. The highest BCUT2D eigenvalue weighted by atomic mass is 32.1. The zero-order valence-corrected chi connectivity index (χ0v) is 13.1. The predicted octanol–water partition coefficient (Wildman–Crippen LogP) is 2.32. The fourth-order valence-corrected chi connectivity index (χ4v) is 4.16. The van der Waals surface area contributed by atoms with Crippen LogP contribution in [0.4, 0.5) is 5.13 Å². The summed E-state index contributed by atoms with van der Waals surface area (Å²) in [5, 5.41) is 17.2. The summed E-state index contributed by atoms with van der Waals surface area (Å²) in [6.45, 7) is 4.97. The highest BCUT2D eigenvalue weighted by Crippen LogP contribution is 2.29. The smallest absolute Gasteiger partial charge is 0.185 e. The Hall–Kier alpha value is -0.650. The molecule has 0 aromatic carbocycles. The Kier molecular flexibility index (Phi) is 4.29. The van der Waals surface area contributed by atoms with Crippen molar-refractivity contribution >= 4 is 16.5 Å². The number of piperidine rings is 1. The van der Waals surface area contributed by atoms with E-state index in [1.165, 1.54) is 12.8 Å². The molecule has 5 heteroatoms. The van der Waals surface area contributed by atoms with Crippen LogP contribution in [0.1, 0.15) is 44.2 Å². The van der Waals surface area contributed by atoms with Gasteiger partial charge in [0, 0.05) is 31.1 Å². The molecule has 1 saturated heterocycles. The molecule has 1 saturated carbocycles. The number of anilines is 1. The predicted molar refractivity (Wildman–Crippen MR) is 83.5 cm³/mol. The third-order valence-corrected chi connectivity index (χ3v) is 5.65. The minimum atomic E-state index is -0.427. The number of aryl methyl sites for hydroxylation is 1. The summed E-state index contributed by atoms with van der Waals surface area (Å²) in [6.07, 6.45) is 6.60. The summed E-state index contributed by atoms with van der Waals surface area (Å²) in [6, 6.07) is 0.553. The van der Waals surface area contributed by atoms with E-state index < -0.39 is 5.60 Å². The number of rotatable bonds is 4. The van der Waals surface area contributed by atoms with E-state index in [-0.39, 0.29) is 0 Å². The molecular formula is C15H25N3OS. The van der Waals surface area contributed by atoms with E-state index in [1.54, 1.807) is 11.3 Å². The Bertz CT molecular complexity index is 434. The van der Waals surface area contributed by atoms with Gasteiger partial charge >= 0.3 is 0 Å². The van der Waals surface area contributed by atoms with Gasteiger partial charge in [0.15, 0.2) is 5.13 Å². The Morgan fingerprint density at radius 3 is 2.70 bits per heavy atom. The van der Waals surface area contributed by atoms with Crippen molar-refractivity contribution in [3.63, 3.8) is 0 Å². The maximum atomic E-state index is 10.4. The van der Waals surface area contributed by atoms with Gasteiger partial charge in [-0.1, -0.05) is 12.8 Å². The van der Waals surface area contributed by atoms with Crippen LogP contribution in [0.5, 0.6) is 0 Å². The summed E-state index contributed by atoms with van der Waals surface area (Å²) < 4.78 is 0. The molecule has 1 aliphatic carbocycles. The lowest BCUT2D eigenvalue weighted by Crippen LogP contribution is -2.47. The number of hydrogen-bond donors (Lipinski definition) is 2. The monoisotopic (exact) mass is 295 g/mol. The molecule has 112 valence electrons. The van der Waals surface area contributed by atoms with Crippen LogP contribution in [0.3, 0.4) is 0 Å². The number of hydrogen-bond acceptors (Lipinski definition) is 5. The summed E-state index contributed by atoms with van der Waals surface area (Å²) in [7, 11) is 0. The Labute approximate surface area is 125 Å². The van der Waals surface area contributed by atoms with Crippen molar-refractivity contribution in [2.75, 3.05) is 24.5 Å². The van der Waals surface area contributed by atoms with Crippen molar-refractivity contribution in [2.24, 2.45) is 0 Å². The molecule has 3 rings (SSSR count). The Balaban J connectivity index is 1.44. The third kappa shape index (κ3) is 3.32. The van der Waals surface area contributed by atoms with E-state index in [1.807, 2.05) is 0 Å². The zero-order chi connectivity index (χ0) is 14.0. The number of aliphatic hydroxyl groups is 1. The van der Waals surface area contributed by atoms with Crippen molar-refractivity contribution in [2.45, 2.75) is 57.1 Å². The van der Waals surface area contributed by atoms with Crippen LogP contribution in [-0.2, 0) is 0 Å². The van der Waals surface area contributed by atoms with Gasteiger partial charge in [-0.3, -0.25) is 0 Å². The fraction of sp³-hybridized carbons (Fsp3) is 0.800. The summed E-state index contributed by atoms with van der Waals surface area (Å²) in [5.74, 6) is 0. The molecule has 0 atom stereocenters. The normalized spacial score (nSPS) is 23.4. The van der Waals surface area contributed by atoms with Crippen molar-refractivity contribution in [3.8, 4) is 0 Å². The van der Waals surface area contributed by atoms with Crippen molar-refractivity contribution in [1.82, 2.24) is 10.3 Å². The minimum absolute atomic E-state index is 0.427. The largest absolute Gasteiger partial charge is 0.389 e. The maximum Gasteiger partial charge on any atom is 0.185 e. The van der Waals surface area contributed by atoms with E-state index in [2.05, 4.69) is 27.5 Å². The van der Waals surface area contributed by atoms with Gasteiger partial charge in [0.2, 0.25) is 0 Å². The van der Waals surface area contributed by atoms with Gasteiger partial charge in [-0.2, -0.15) is 0 Å². The zero-order valence-electron chi connectivity index (χ0n) is 12.3. The quantitative estimate of drug-likeness (QED) is 0.895. The molecule has 2 heterocycles. The SMILES string of the molecule is Cc1csc(N2CCC(NCC3(O)CCCC3)CC2)n1. The van der Waals surface area contributed by atoms with Crippen LogP contribution in [0.25, 0.3) is 0 Å². The van der Waals surface area contributed by atoms with Crippen molar-refractivity contribution in [1.29, 1.82) is 0 Å². The first-order valence-corrected chi connectivity index (χ1v) is 8.65. The Morgan fingerprint density at radius 2 is 2.10 bits per heavy atom. The molecule has 0 unspecified atom stereocenters. The number of thiazole rings is 1. The average Bonchev–Trinajstić information content (AvgIpc) is 3.07. The second-order valence-electron chi connectivity index (χ2n) is 6.35. The van der Waals surface area contributed by atoms with Crippen LogP contribution in [0, 0.1) is 6.92 Å². The van der Waals surface area contributed by atoms with E-state index in [4.69, 9.17) is 0 Å². The van der Waals surface area contributed by atoms with Crippen molar-refractivity contribution < 1.29 is 5.11 Å². The Morgan fingerprint density at radius 1 is 1.40 bits per heavy atom. The summed E-state index contributed by atoms with van der Waals surface area (Å²) in [5.41, 5.74) is 0.692. The van der Waals surface area contributed by atoms with Crippen LogP contribution in [0.15, 0.2) is 5.38 Å². The minimum Gasteiger partial charge on any atom is -0.389 e. The molecule has 1 aromatic heterocycles. The first-order chi connectivity index (χ1) is 9.65. The second kappa shape index (κ2) is 6.00. The summed E-state index contributed by atoms with van der Waals surface area (Å²) in [4.78, 5) is 6.95. The summed E-state index contributed by atoms with van der Waals surface area (Å²) >= 11 is 1.74. The standard InChI is InChI=1S/C15H25N3OS/c1-12-10-20-14(17-12)18-8-4-13(5-9-18)16-11-15(19)6-2-3-7-15/h10,13,16,19H,2-9,11H2,1H3. The van der Waals surface area contributed by atoms with E-state index in [0.717, 1.165) is 56.1 Å². The molecule has 0 radical (unpaired) electrons.